The third kappa shape index (κ3) is 6.59. The van der Waals surface area contributed by atoms with Gasteiger partial charge in [-0.1, -0.05) is 51.3 Å². The highest BCUT2D eigenvalue weighted by atomic mass is 19.1. The standard InChI is InChI=1S/C34H43F2N3O3/c1-22(2)33(41)32(23-8-4-3-5-9-23)39-17-15-28-27(11-6-12-29(28)34(39)42)25-10-7-16-38(21-25)31(40)20-37-19-24-13-14-26(35)18-30(24)36/h6,11-14,18,22-23,25,32,37H,3-5,7-10,15-17,19-21H2,1-2H3. The fraction of sp³-hybridized carbons (Fsp3) is 0.559. The molecule has 0 spiro atoms. The summed E-state index contributed by atoms with van der Waals surface area (Å²) in [6.45, 7) is 5.84. The van der Waals surface area contributed by atoms with E-state index in [1.807, 2.05) is 35.8 Å². The normalized spacial score (nSPS) is 20.5. The summed E-state index contributed by atoms with van der Waals surface area (Å²) in [6, 6.07) is 9.01. The lowest BCUT2D eigenvalue weighted by molar-refractivity contribution is -0.131. The minimum atomic E-state index is -0.631. The number of likely N-dealkylation sites (tertiary alicyclic amines) is 1. The number of nitrogens with one attached hydrogen (secondary N) is 1. The summed E-state index contributed by atoms with van der Waals surface area (Å²) >= 11 is 0. The summed E-state index contributed by atoms with van der Waals surface area (Å²) < 4.78 is 27.1. The molecule has 2 fully saturated rings. The molecule has 8 heteroatoms. The van der Waals surface area contributed by atoms with E-state index in [4.69, 9.17) is 0 Å². The molecular weight excluding hydrogens is 536 g/mol. The van der Waals surface area contributed by atoms with E-state index in [2.05, 4.69) is 11.4 Å². The van der Waals surface area contributed by atoms with Crippen LogP contribution in [-0.2, 0) is 22.6 Å². The first-order chi connectivity index (χ1) is 20.2. The molecule has 0 bridgehead atoms. The van der Waals surface area contributed by atoms with E-state index in [0.717, 1.165) is 55.7 Å². The Hall–Kier alpha value is -3.13. The van der Waals surface area contributed by atoms with E-state index in [1.165, 1.54) is 18.6 Å². The summed E-state index contributed by atoms with van der Waals surface area (Å²) in [6.07, 6.45) is 7.93. The number of Topliss-reactive ketones (excluding diaryl/α,β-unsaturated/α-hetero) is 1. The molecule has 2 atom stereocenters. The highest BCUT2D eigenvalue weighted by Gasteiger charge is 2.41. The van der Waals surface area contributed by atoms with E-state index >= 15 is 0 Å². The first-order valence-corrected chi connectivity index (χ1v) is 15.6. The smallest absolute Gasteiger partial charge is 0.254 e. The zero-order chi connectivity index (χ0) is 29.8. The second-order valence-electron chi connectivity index (χ2n) is 12.5. The van der Waals surface area contributed by atoms with Crippen molar-refractivity contribution in [1.82, 2.24) is 15.1 Å². The molecule has 226 valence electrons. The average molecular weight is 580 g/mol. The van der Waals surface area contributed by atoms with Gasteiger partial charge in [0.25, 0.3) is 5.91 Å². The monoisotopic (exact) mass is 579 g/mol. The number of halogens is 2. The van der Waals surface area contributed by atoms with Crippen LogP contribution in [0, 0.1) is 23.5 Å². The van der Waals surface area contributed by atoms with Crippen LogP contribution in [0.5, 0.6) is 0 Å². The minimum absolute atomic E-state index is 0.0383. The van der Waals surface area contributed by atoms with Gasteiger partial charge < -0.3 is 15.1 Å². The van der Waals surface area contributed by atoms with Crippen molar-refractivity contribution < 1.29 is 23.2 Å². The summed E-state index contributed by atoms with van der Waals surface area (Å²) in [4.78, 5) is 44.2. The van der Waals surface area contributed by atoms with Crippen molar-refractivity contribution in [3.05, 3.63) is 70.3 Å². The van der Waals surface area contributed by atoms with Crippen LogP contribution in [0.3, 0.4) is 0 Å². The maximum Gasteiger partial charge on any atom is 0.254 e. The van der Waals surface area contributed by atoms with Crippen LogP contribution in [0.1, 0.15) is 91.8 Å². The van der Waals surface area contributed by atoms with Crippen molar-refractivity contribution in [3.63, 3.8) is 0 Å². The van der Waals surface area contributed by atoms with Gasteiger partial charge in [-0.25, -0.2) is 8.78 Å². The van der Waals surface area contributed by atoms with Gasteiger partial charge in [-0.05, 0) is 61.3 Å². The second kappa shape index (κ2) is 13.4. The van der Waals surface area contributed by atoms with Gasteiger partial charge >= 0.3 is 0 Å². The Balaban J connectivity index is 1.27. The van der Waals surface area contributed by atoms with Crippen LogP contribution in [0.4, 0.5) is 8.78 Å². The van der Waals surface area contributed by atoms with E-state index in [9.17, 15) is 23.2 Å². The maximum absolute atomic E-state index is 14.0. The van der Waals surface area contributed by atoms with Crippen LogP contribution < -0.4 is 5.32 Å². The first kappa shape index (κ1) is 30.3. The Labute approximate surface area is 247 Å². The molecule has 1 saturated carbocycles. The number of rotatable bonds is 9. The summed E-state index contributed by atoms with van der Waals surface area (Å²) in [5.74, 6) is -0.947. The molecular formula is C34H43F2N3O3. The molecule has 5 rings (SSSR count). The van der Waals surface area contributed by atoms with Crippen molar-refractivity contribution in [2.75, 3.05) is 26.2 Å². The molecule has 2 aromatic carbocycles. The molecule has 0 radical (unpaired) electrons. The second-order valence-corrected chi connectivity index (χ2v) is 12.5. The Kier molecular flexibility index (Phi) is 9.71. The quantitative estimate of drug-likeness (QED) is 0.418. The molecule has 2 heterocycles. The lowest BCUT2D eigenvalue weighted by atomic mass is 9.78. The third-order valence-corrected chi connectivity index (χ3v) is 9.42. The van der Waals surface area contributed by atoms with Gasteiger partial charge in [0, 0.05) is 55.2 Å². The van der Waals surface area contributed by atoms with E-state index in [-0.39, 0.29) is 54.5 Å². The number of hydrogen-bond acceptors (Lipinski definition) is 4. The predicted octanol–water partition coefficient (Wildman–Crippen LogP) is 5.63. The minimum Gasteiger partial charge on any atom is -0.341 e. The largest absolute Gasteiger partial charge is 0.341 e. The number of ketones is 1. The number of piperidine rings is 1. The number of fused-ring (bicyclic) bond motifs is 1. The fourth-order valence-corrected chi connectivity index (χ4v) is 7.19. The van der Waals surface area contributed by atoms with Gasteiger partial charge in [0.15, 0.2) is 5.78 Å². The molecule has 2 aromatic rings. The molecule has 2 amide bonds. The molecule has 1 aliphatic carbocycles. The Morgan fingerprint density at radius 3 is 2.52 bits per heavy atom. The van der Waals surface area contributed by atoms with E-state index in [0.29, 0.717) is 37.2 Å². The van der Waals surface area contributed by atoms with Crippen molar-refractivity contribution in [3.8, 4) is 0 Å². The lowest BCUT2D eigenvalue weighted by Crippen LogP contribution is -2.53. The van der Waals surface area contributed by atoms with Gasteiger partial charge in [0.05, 0.1) is 12.6 Å². The van der Waals surface area contributed by atoms with Crippen molar-refractivity contribution in [2.24, 2.45) is 11.8 Å². The Bertz CT molecular complexity index is 1310. The Morgan fingerprint density at radius 2 is 1.79 bits per heavy atom. The topological polar surface area (TPSA) is 69.7 Å². The number of amides is 2. The number of nitrogens with zero attached hydrogens (tertiary/aromatic N) is 2. The molecule has 2 aliphatic heterocycles. The summed E-state index contributed by atoms with van der Waals surface area (Å²) in [5, 5.41) is 3.00. The molecule has 6 nitrogen and oxygen atoms in total. The number of hydrogen-bond donors (Lipinski definition) is 1. The number of benzene rings is 2. The third-order valence-electron chi connectivity index (χ3n) is 9.42. The van der Waals surface area contributed by atoms with Gasteiger partial charge in [0.2, 0.25) is 5.91 Å². The zero-order valence-electron chi connectivity index (χ0n) is 24.8. The first-order valence-electron chi connectivity index (χ1n) is 15.6. The van der Waals surface area contributed by atoms with Crippen LogP contribution in [0.25, 0.3) is 0 Å². The van der Waals surface area contributed by atoms with Crippen LogP contribution >= 0.6 is 0 Å². The van der Waals surface area contributed by atoms with Gasteiger partial charge in [-0.2, -0.15) is 0 Å². The highest BCUT2D eigenvalue weighted by molar-refractivity contribution is 6.00. The van der Waals surface area contributed by atoms with Crippen LogP contribution in [-0.4, -0.2) is 59.6 Å². The maximum atomic E-state index is 14.0. The molecule has 2 unspecified atom stereocenters. The zero-order valence-corrected chi connectivity index (χ0v) is 24.8. The van der Waals surface area contributed by atoms with E-state index < -0.39 is 11.6 Å². The molecule has 1 N–H and O–H groups in total. The Morgan fingerprint density at radius 1 is 1.00 bits per heavy atom. The molecule has 1 saturated heterocycles. The molecule has 42 heavy (non-hydrogen) atoms. The number of carbonyl (C=O) groups excluding carboxylic acids is 3. The average Bonchev–Trinajstić information content (AvgIpc) is 2.99. The summed E-state index contributed by atoms with van der Waals surface area (Å²) in [5.41, 5.74) is 3.20. The lowest BCUT2D eigenvalue weighted by Gasteiger charge is -2.42. The predicted molar refractivity (Wildman–Crippen MR) is 158 cm³/mol. The van der Waals surface area contributed by atoms with Crippen molar-refractivity contribution in [2.45, 2.75) is 83.7 Å². The molecule has 0 aromatic heterocycles. The summed E-state index contributed by atoms with van der Waals surface area (Å²) in [7, 11) is 0. The van der Waals surface area contributed by atoms with Gasteiger partial charge in [-0.3, -0.25) is 14.4 Å². The van der Waals surface area contributed by atoms with E-state index in [1.54, 1.807) is 0 Å². The van der Waals surface area contributed by atoms with Crippen molar-refractivity contribution in [1.29, 1.82) is 0 Å². The van der Waals surface area contributed by atoms with Crippen LogP contribution in [0.2, 0.25) is 0 Å². The highest BCUT2D eigenvalue weighted by Crippen LogP contribution is 2.37. The fourth-order valence-electron chi connectivity index (χ4n) is 7.19. The number of carbonyl (C=O) groups is 3. The van der Waals surface area contributed by atoms with Gasteiger partial charge in [0.1, 0.15) is 11.6 Å². The SMILES string of the molecule is CC(C)C(=O)C(C1CCCCC1)N1CCc2c(cccc2C2CCCN(C(=O)CNCc3ccc(F)cc3F)C2)C1=O. The molecule has 3 aliphatic rings. The van der Waals surface area contributed by atoms with Gasteiger partial charge in [-0.15, -0.1) is 0 Å². The van der Waals surface area contributed by atoms with Crippen molar-refractivity contribution >= 4 is 17.6 Å². The van der Waals surface area contributed by atoms with Crippen LogP contribution in [0.15, 0.2) is 36.4 Å².